The Bertz CT molecular complexity index is 360. The minimum absolute atomic E-state index is 0.0417. The van der Waals surface area contributed by atoms with Gasteiger partial charge in [0.15, 0.2) is 5.13 Å². The molecule has 3 nitrogen and oxygen atoms in total. The number of hydrogen-bond acceptors (Lipinski definition) is 3. The predicted molar refractivity (Wildman–Crippen MR) is 57.2 cm³/mol. The summed E-state index contributed by atoms with van der Waals surface area (Å²) in [7, 11) is 3.24. The zero-order chi connectivity index (χ0) is 11.6. The molecule has 1 aromatic rings. The van der Waals surface area contributed by atoms with E-state index < -0.39 is 5.60 Å². The van der Waals surface area contributed by atoms with Crippen LogP contribution in [0.3, 0.4) is 0 Å². The van der Waals surface area contributed by atoms with E-state index in [1.54, 1.807) is 14.1 Å². The van der Waals surface area contributed by atoms with Gasteiger partial charge in [-0.25, -0.2) is 0 Å². The van der Waals surface area contributed by atoms with Crippen molar-refractivity contribution in [2.45, 2.75) is 18.9 Å². The number of carbonyl (C=O) groups is 1. The first-order chi connectivity index (χ1) is 6.83. The van der Waals surface area contributed by atoms with Gasteiger partial charge in [0.1, 0.15) is 5.60 Å². The molecule has 1 N–H and O–H groups in total. The maximum absolute atomic E-state index is 12.8. The van der Waals surface area contributed by atoms with Crippen LogP contribution in [-0.4, -0.2) is 30.0 Å². The van der Waals surface area contributed by atoms with Crippen molar-refractivity contribution in [3.05, 3.63) is 22.1 Å². The fourth-order valence-electron chi connectivity index (χ4n) is 1.14. The Labute approximate surface area is 92.1 Å². The fraction of sp³-hybridized carbons (Fsp3) is 0.500. The number of amides is 1. The summed E-state index contributed by atoms with van der Waals surface area (Å²) >= 11 is 0.861. The molecule has 84 valence electrons. The molecule has 0 bridgehead atoms. The van der Waals surface area contributed by atoms with Gasteiger partial charge >= 0.3 is 0 Å². The van der Waals surface area contributed by atoms with Gasteiger partial charge in [-0.2, -0.15) is 4.39 Å². The molecule has 0 aliphatic heterocycles. The first-order valence-electron chi connectivity index (χ1n) is 4.51. The molecule has 1 aromatic heterocycles. The zero-order valence-electron chi connectivity index (χ0n) is 8.95. The zero-order valence-corrected chi connectivity index (χ0v) is 9.77. The molecule has 0 radical (unpaired) electrons. The van der Waals surface area contributed by atoms with Gasteiger partial charge in [-0.3, -0.25) is 4.79 Å². The minimum atomic E-state index is -1.30. The van der Waals surface area contributed by atoms with Gasteiger partial charge in [0.05, 0.1) is 6.42 Å². The lowest BCUT2D eigenvalue weighted by Crippen LogP contribution is -2.31. The Morgan fingerprint density at radius 2 is 2.20 bits per heavy atom. The van der Waals surface area contributed by atoms with Gasteiger partial charge in [-0.05, 0) is 19.1 Å². The normalized spacial score (nSPS) is 14.7. The smallest absolute Gasteiger partial charge is 0.225 e. The lowest BCUT2D eigenvalue weighted by molar-refractivity contribution is -0.133. The second kappa shape index (κ2) is 4.28. The van der Waals surface area contributed by atoms with Gasteiger partial charge < -0.3 is 10.0 Å². The molecule has 1 rings (SSSR count). The van der Waals surface area contributed by atoms with Crippen LogP contribution in [0, 0.1) is 5.13 Å². The van der Waals surface area contributed by atoms with Crippen LogP contribution in [0.15, 0.2) is 12.1 Å². The number of rotatable bonds is 3. The van der Waals surface area contributed by atoms with Crippen molar-refractivity contribution in [2.24, 2.45) is 0 Å². The van der Waals surface area contributed by atoms with Crippen molar-refractivity contribution >= 4 is 17.2 Å². The van der Waals surface area contributed by atoms with Crippen molar-refractivity contribution < 1.29 is 14.3 Å². The van der Waals surface area contributed by atoms with Crippen LogP contribution in [0.25, 0.3) is 0 Å². The van der Waals surface area contributed by atoms with E-state index in [2.05, 4.69) is 0 Å². The van der Waals surface area contributed by atoms with E-state index >= 15 is 0 Å². The van der Waals surface area contributed by atoms with Gasteiger partial charge in [0, 0.05) is 19.0 Å². The summed E-state index contributed by atoms with van der Waals surface area (Å²) in [5.41, 5.74) is -1.30. The molecule has 1 heterocycles. The molecular weight excluding hydrogens is 217 g/mol. The first-order valence-corrected chi connectivity index (χ1v) is 5.33. The molecule has 0 spiro atoms. The second-order valence-electron chi connectivity index (χ2n) is 3.84. The third-order valence-corrected chi connectivity index (χ3v) is 3.23. The van der Waals surface area contributed by atoms with E-state index in [1.807, 2.05) is 0 Å². The van der Waals surface area contributed by atoms with Crippen LogP contribution < -0.4 is 0 Å². The highest BCUT2D eigenvalue weighted by atomic mass is 32.1. The Morgan fingerprint density at radius 3 is 2.60 bits per heavy atom. The molecule has 1 amide bonds. The molecule has 0 aliphatic rings. The predicted octanol–water partition coefficient (Wildman–Crippen LogP) is 1.57. The molecule has 0 saturated carbocycles. The highest BCUT2D eigenvalue weighted by molar-refractivity contribution is 7.10. The second-order valence-corrected chi connectivity index (χ2v) is 4.88. The Hall–Kier alpha value is -0.940. The average molecular weight is 231 g/mol. The van der Waals surface area contributed by atoms with Crippen molar-refractivity contribution in [3.8, 4) is 0 Å². The topological polar surface area (TPSA) is 40.5 Å². The van der Waals surface area contributed by atoms with Gasteiger partial charge in [0.2, 0.25) is 5.91 Å². The standard InChI is InChI=1S/C10H14FNO2S/c1-10(14,6-9(13)12(2)3)7-4-5-8(11)15-7/h4-5,14H,6H2,1-3H3/t10-/m1/s1. The van der Waals surface area contributed by atoms with Crippen molar-refractivity contribution in [1.82, 2.24) is 4.90 Å². The summed E-state index contributed by atoms with van der Waals surface area (Å²) in [6.45, 7) is 1.51. The van der Waals surface area contributed by atoms with E-state index in [4.69, 9.17) is 0 Å². The van der Waals surface area contributed by atoms with Crippen LogP contribution in [0.2, 0.25) is 0 Å². The molecule has 1 atom stereocenters. The highest BCUT2D eigenvalue weighted by Crippen LogP contribution is 2.30. The summed E-state index contributed by atoms with van der Waals surface area (Å²) < 4.78 is 12.8. The van der Waals surface area contributed by atoms with Crippen LogP contribution in [-0.2, 0) is 10.4 Å². The molecule has 5 heteroatoms. The van der Waals surface area contributed by atoms with Crippen LogP contribution >= 0.6 is 11.3 Å². The van der Waals surface area contributed by atoms with Crippen LogP contribution in [0.5, 0.6) is 0 Å². The van der Waals surface area contributed by atoms with E-state index in [0.29, 0.717) is 4.88 Å². The maximum atomic E-state index is 12.8. The molecule has 0 fully saturated rings. The van der Waals surface area contributed by atoms with E-state index in [1.165, 1.54) is 24.0 Å². The third-order valence-electron chi connectivity index (χ3n) is 2.10. The molecule has 0 aliphatic carbocycles. The summed E-state index contributed by atoms with van der Waals surface area (Å²) in [6, 6.07) is 2.79. The summed E-state index contributed by atoms with van der Waals surface area (Å²) in [5.74, 6) is -0.186. The highest BCUT2D eigenvalue weighted by Gasteiger charge is 2.29. The molecule has 0 saturated heterocycles. The summed E-state index contributed by atoms with van der Waals surface area (Å²) in [4.78, 5) is 13.3. The third kappa shape index (κ3) is 3.00. The van der Waals surface area contributed by atoms with Crippen LogP contribution in [0.1, 0.15) is 18.2 Å². The quantitative estimate of drug-likeness (QED) is 0.858. The van der Waals surface area contributed by atoms with Crippen molar-refractivity contribution in [1.29, 1.82) is 0 Å². The number of thiophene rings is 1. The summed E-state index contributed by atoms with van der Waals surface area (Å²) in [5, 5.41) is 9.66. The largest absolute Gasteiger partial charge is 0.384 e. The van der Waals surface area contributed by atoms with Gasteiger partial charge in [-0.15, -0.1) is 11.3 Å². The van der Waals surface area contributed by atoms with Gasteiger partial charge in [-0.1, -0.05) is 0 Å². The Morgan fingerprint density at radius 1 is 1.60 bits per heavy atom. The Kier molecular flexibility index (Phi) is 3.46. The SMILES string of the molecule is CN(C)C(=O)C[C@@](C)(O)c1ccc(F)s1. The molecule has 15 heavy (non-hydrogen) atoms. The van der Waals surface area contributed by atoms with Crippen molar-refractivity contribution in [2.75, 3.05) is 14.1 Å². The van der Waals surface area contributed by atoms with E-state index in [0.717, 1.165) is 11.3 Å². The van der Waals surface area contributed by atoms with Gasteiger partial charge in [0.25, 0.3) is 0 Å². The lowest BCUT2D eigenvalue weighted by atomic mass is 10.00. The average Bonchev–Trinajstić information content (AvgIpc) is 2.51. The molecule has 0 unspecified atom stereocenters. The van der Waals surface area contributed by atoms with E-state index in [9.17, 15) is 14.3 Å². The number of aliphatic hydroxyl groups is 1. The monoisotopic (exact) mass is 231 g/mol. The Balaban J connectivity index is 2.79. The molecular formula is C10H14FNO2S. The number of hydrogen-bond donors (Lipinski definition) is 1. The van der Waals surface area contributed by atoms with Crippen LogP contribution in [0.4, 0.5) is 4.39 Å². The van der Waals surface area contributed by atoms with E-state index in [-0.39, 0.29) is 17.5 Å². The number of carbonyl (C=O) groups excluding carboxylic acids is 1. The number of nitrogens with zero attached hydrogens (tertiary/aromatic N) is 1. The minimum Gasteiger partial charge on any atom is -0.384 e. The van der Waals surface area contributed by atoms with Crippen molar-refractivity contribution in [3.63, 3.8) is 0 Å². The summed E-state index contributed by atoms with van der Waals surface area (Å²) in [6.07, 6.45) is -0.0417. The fourth-order valence-corrected chi connectivity index (χ4v) is 1.92. The number of halogens is 1. The molecule has 0 aromatic carbocycles. The lowest BCUT2D eigenvalue weighted by Gasteiger charge is -2.22. The first kappa shape index (κ1) is 12.1. The maximum Gasteiger partial charge on any atom is 0.225 e.